The summed E-state index contributed by atoms with van der Waals surface area (Å²) in [5.41, 5.74) is 0.0795. The van der Waals surface area contributed by atoms with Crippen LogP contribution in [-0.2, 0) is 5.92 Å². The quantitative estimate of drug-likeness (QED) is 0.853. The Morgan fingerprint density at radius 2 is 1.84 bits per heavy atom. The van der Waals surface area contributed by atoms with Gasteiger partial charge in [0.25, 0.3) is 5.92 Å². The molecule has 1 unspecified atom stereocenters. The summed E-state index contributed by atoms with van der Waals surface area (Å²) in [6.45, 7) is 4.72. The van der Waals surface area contributed by atoms with E-state index in [0.717, 1.165) is 19.6 Å². The predicted molar refractivity (Wildman–Crippen MR) is 73.5 cm³/mol. The van der Waals surface area contributed by atoms with Gasteiger partial charge in [-0.25, -0.2) is 0 Å². The van der Waals surface area contributed by atoms with Crippen molar-refractivity contribution < 1.29 is 8.78 Å². The summed E-state index contributed by atoms with van der Waals surface area (Å²) in [6.07, 6.45) is 2.46. The van der Waals surface area contributed by atoms with Gasteiger partial charge in [0.05, 0.1) is 6.54 Å². The monoisotopic (exact) mass is 268 g/mol. The van der Waals surface area contributed by atoms with Crippen molar-refractivity contribution in [3.8, 4) is 0 Å². The molecule has 1 aromatic carbocycles. The van der Waals surface area contributed by atoms with Gasteiger partial charge in [-0.05, 0) is 32.9 Å². The van der Waals surface area contributed by atoms with Crippen molar-refractivity contribution in [2.75, 3.05) is 26.2 Å². The SMILES string of the molecule is CC(CN1CCCC1)NCC(F)(F)c1ccccc1. The number of halogens is 2. The highest BCUT2D eigenvalue weighted by Gasteiger charge is 2.31. The zero-order chi connectivity index (χ0) is 13.7. The van der Waals surface area contributed by atoms with E-state index in [2.05, 4.69) is 10.2 Å². The molecule has 106 valence electrons. The van der Waals surface area contributed by atoms with E-state index in [0.29, 0.717) is 0 Å². The number of hydrogen-bond donors (Lipinski definition) is 1. The summed E-state index contributed by atoms with van der Waals surface area (Å²) in [7, 11) is 0. The van der Waals surface area contributed by atoms with Crippen LogP contribution in [0.2, 0.25) is 0 Å². The van der Waals surface area contributed by atoms with Crippen LogP contribution in [0.1, 0.15) is 25.3 Å². The van der Waals surface area contributed by atoms with E-state index >= 15 is 0 Å². The molecule has 1 fully saturated rings. The minimum Gasteiger partial charge on any atom is -0.307 e. The largest absolute Gasteiger partial charge is 0.307 e. The van der Waals surface area contributed by atoms with Gasteiger partial charge in [0.15, 0.2) is 0 Å². The zero-order valence-corrected chi connectivity index (χ0v) is 11.4. The van der Waals surface area contributed by atoms with E-state index in [1.165, 1.54) is 25.0 Å². The smallest absolute Gasteiger partial charge is 0.285 e. The lowest BCUT2D eigenvalue weighted by Gasteiger charge is -2.24. The molecule has 1 saturated heterocycles. The first kappa shape index (κ1) is 14.4. The zero-order valence-electron chi connectivity index (χ0n) is 11.4. The number of hydrogen-bond acceptors (Lipinski definition) is 2. The molecular weight excluding hydrogens is 246 g/mol. The molecule has 0 saturated carbocycles. The summed E-state index contributed by atoms with van der Waals surface area (Å²) >= 11 is 0. The van der Waals surface area contributed by atoms with Gasteiger partial charge in [0.1, 0.15) is 0 Å². The first-order chi connectivity index (χ1) is 9.08. The molecule has 1 aromatic rings. The molecule has 0 bridgehead atoms. The molecule has 0 aromatic heterocycles. The molecule has 0 amide bonds. The molecule has 0 radical (unpaired) electrons. The van der Waals surface area contributed by atoms with Crippen molar-refractivity contribution in [3.63, 3.8) is 0 Å². The normalized spacial score (nSPS) is 18.7. The summed E-state index contributed by atoms with van der Waals surface area (Å²) in [5.74, 6) is -2.81. The van der Waals surface area contributed by atoms with Crippen molar-refractivity contribution in [3.05, 3.63) is 35.9 Å². The van der Waals surface area contributed by atoms with Gasteiger partial charge in [-0.2, -0.15) is 8.78 Å². The van der Waals surface area contributed by atoms with Crippen LogP contribution in [0.3, 0.4) is 0 Å². The molecule has 2 nitrogen and oxygen atoms in total. The Bertz CT molecular complexity index is 375. The van der Waals surface area contributed by atoms with Crippen molar-refractivity contribution >= 4 is 0 Å². The Labute approximate surface area is 113 Å². The lowest BCUT2D eigenvalue weighted by molar-refractivity contribution is -0.00602. The molecule has 0 aliphatic carbocycles. The number of rotatable bonds is 6. The van der Waals surface area contributed by atoms with Crippen molar-refractivity contribution in [1.29, 1.82) is 0 Å². The van der Waals surface area contributed by atoms with Crippen LogP contribution in [0.5, 0.6) is 0 Å². The number of benzene rings is 1. The van der Waals surface area contributed by atoms with E-state index in [1.54, 1.807) is 18.2 Å². The number of nitrogens with zero attached hydrogens (tertiary/aromatic N) is 1. The minimum atomic E-state index is -2.81. The van der Waals surface area contributed by atoms with E-state index < -0.39 is 5.92 Å². The van der Waals surface area contributed by atoms with E-state index in [9.17, 15) is 8.78 Å². The van der Waals surface area contributed by atoms with Crippen LogP contribution in [0.15, 0.2) is 30.3 Å². The van der Waals surface area contributed by atoms with Crippen LogP contribution in [-0.4, -0.2) is 37.1 Å². The van der Waals surface area contributed by atoms with Crippen LogP contribution in [0.4, 0.5) is 8.78 Å². The fraction of sp³-hybridized carbons (Fsp3) is 0.600. The molecule has 1 atom stereocenters. The van der Waals surface area contributed by atoms with Crippen LogP contribution < -0.4 is 5.32 Å². The fourth-order valence-corrected chi connectivity index (χ4v) is 2.50. The van der Waals surface area contributed by atoms with Gasteiger partial charge in [0, 0.05) is 18.2 Å². The second kappa shape index (κ2) is 6.44. The van der Waals surface area contributed by atoms with Crippen molar-refractivity contribution in [2.45, 2.75) is 31.7 Å². The molecular formula is C15H22F2N2. The minimum absolute atomic E-state index is 0.0795. The maximum Gasteiger partial charge on any atom is 0.285 e. The third-order valence-electron chi connectivity index (χ3n) is 3.60. The van der Waals surface area contributed by atoms with Gasteiger partial charge in [0.2, 0.25) is 0 Å². The Kier molecular flexibility index (Phi) is 4.88. The Balaban J connectivity index is 1.80. The van der Waals surface area contributed by atoms with Gasteiger partial charge in [-0.15, -0.1) is 0 Å². The molecule has 4 heteroatoms. The molecule has 0 spiro atoms. The molecule has 1 aliphatic heterocycles. The fourth-order valence-electron chi connectivity index (χ4n) is 2.50. The van der Waals surface area contributed by atoms with E-state index in [-0.39, 0.29) is 18.2 Å². The first-order valence-electron chi connectivity index (χ1n) is 6.97. The second-order valence-corrected chi connectivity index (χ2v) is 5.36. The maximum atomic E-state index is 14.0. The highest BCUT2D eigenvalue weighted by Crippen LogP contribution is 2.26. The molecule has 1 N–H and O–H groups in total. The number of alkyl halides is 2. The topological polar surface area (TPSA) is 15.3 Å². The van der Waals surface area contributed by atoms with Crippen LogP contribution in [0.25, 0.3) is 0 Å². The Morgan fingerprint density at radius 1 is 1.21 bits per heavy atom. The van der Waals surface area contributed by atoms with Gasteiger partial charge < -0.3 is 10.2 Å². The standard InChI is InChI=1S/C15H22F2N2/c1-13(11-19-9-5-6-10-19)18-12-15(16,17)14-7-3-2-4-8-14/h2-4,7-8,13,18H,5-6,9-12H2,1H3. The van der Waals surface area contributed by atoms with Gasteiger partial charge in [-0.3, -0.25) is 0 Å². The van der Waals surface area contributed by atoms with Gasteiger partial charge >= 0.3 is 0 Å². The highest BCUT2D eigenvalue weighted by atomic mass is 19.3. The average molecular weight is 268 g/mol. The molecule has 1 heterocycles. The molecule has 2 rings (SSSR count). The van der Waals surface area contributed by atoms with Crippen LogP contribution in [0, 0.1) is 0 Å². The third-order valence-corrected chi connectivity index (χ3v) is 3.60. The maximum absolute atomic E-state index is 14.0. The Hall–Kier alpha value is -1.00. The average Bonchev–Trinajstić information content (AvgIpc) is 2.90. The van der Waals surface area contributed by atoms with Crippen LogP contribution >= 0.6 is 0 Å². The lowest BCUT2D eigenvalue weighted by Crippen LogP contribution is -2.42. The molecule has 1 aliphatic rings. The predicted octanol–water partition coefficient (Wildman–Crippen LogP) is 2.85. The number of nitrogens with one attached hydrogen (secondary N) is 1. The molecule has 19 heavy (non-hydrogen) atoms. The summed E-state index contributed by atoms with van der Waals surface area (Å²) in [6, 6.07) is 8.10. The summed E-state index contributed by atoms with van der Waals surface area (Å²) < 4.78 is 27.9. The van der Waals surface area contributed by atoms with Gasteiger partial charge in [-0.1, -0.05) is 30.3 Å². The third kappa shape index (κ3) is 4.25. The lowest BCUT2D eigenvalue weighted by atomic mass is 10.1. The summed E-state index contributed by atoms with van der Waals surface area (Å²) in [4.78, 5) is 2.33. The van der Waals surface area contributed by atoms with Crippen molar-refractivity contribution in [1.82, 2.24) is 10.2 Å². The first-order valence-corrected chi connectivity index (χ1v) is 6.97. The Morgan fingerprint density at radius 3 is 2.47 bits per heavy atom. The summed E-state index contributed by atoms with van der Waals surface area (Å²) in [5, 5.41) is 2.96. The number of likely N-dealkylation sites (tertiary alicyclic amines) is 1. The van der Waals surface area contributed by atoms with E-state index in [4.69, 9.17) is 0 Å². The van der Waals surface area contributed by atoms with Crippen molar-refractivity contribution in [2.24, 2.45) is 0 Å². The second-order valence-electron chi connectivity index (χ2n) is 5.36. The highest BCUT2D eigenvalue weighted by molar-refractivity contribution is 5.20. The van der Waals surface area contributed by atoms with E-state index in [1.807, 2.05) is 6.92 Å².